The zero-order valence-corrected chi connectivity index (χ0v) is 12.9. The van der Waals surface area contributed by atoms with Crippen LogP contribution in [0, 0.1) is 5.92 Å². The summed E-state index contributed by atoms with van der Waals surface area (Å²) in [5, 5.41) is 3.02. The second-order valence-corrected chi connectivity index (χ2v) is 5.78. The second kappa shape index (κ2) is 6.61. The van der Waals surface area contributed by atoms with E-state index in [1.54, 1.807) is 0 Å². The van der Waals surface area contributed by atoms with Crippen LogP contribution >= 0.6 is 0 Å². The van der Waals surface area contributed by atoms with Gasteiger partial charge in [-0.3, -0.25) is 4.79 Å². The first kappa shape index (κ1) is 14.6. The molecule has 0 saturated heterocycles. The lowest BCUT2D eigenvalue weighted by atomic mass is 10.0. The molecule has 2 aliphatic carbocycles. The Morgan fingerprint density at radius 2 is 2.05 bits per heavy atom. The van der Waals surface area contributed by atoms with Crippen LogP contribution in [0.2, 0.25) is 0 Å². The topological polar surface area (TPSA) is 29.1 Å². The van der Waals surface area contributed by atoms with E-state index in [1.807, 2.05) is 30.4 Å². The van der Waals surface area contributed by atoms with E-state index in [0.29, 0.717) is 18.9 Å². The predicted molar refractivity (Wildman–Crippen MR) is 91.1 cm³/mol. The molecular formula is C20H21NO. The van der Waals surface area contributed by atoms with Crippen LogP contribution in [-0.4, -0.2) is 12.5 Å². The molecule has 1 N–H and O–H groups in total. The largest absolute Gasteiger partial charge is 0.348 e. The molecule has 2 heteroatoms. The Kier molecular flexibility index (Phi) is 4.38. The van der Waals surface area contributed by atoms with Crippen molar-refractivity contribution in [2.45, 2.75) is 19.8 Å². The van der Waals surface area contributed by atoms with Crippen LogP contribution in [0.4, 0.5) is 0 Å². The van der Waals surface area contributed by atoms with E-state index < -0.39 is 0 Å². The summed E-state index contributed by atoms with van der Waals surface area (Å²) in [6.07, 6.45) is 12.4. The predicted octanol–water partition coefficient (Wildman–Crippen LogP) is 4.04. The van der Waals surface area contributed by atoms with Crippen LogP contribution in [0.1, 0.15) is 25.3 Å². The maximum atomic E-state index is 12.3. The number of carbonyl (C=O) groups is 1. The van der Waals surface area contributed by atoms with Gasteiger partial charge in [-0.1, -0.05) is 67.6 Å². The van der Waals surface area contributed by atoms with Gasteiger partial charge in [-0.2, -0.15) is 0 Å². The molecule has 1 aromatic rings. The van der Waals surface area contributed by atoms with Crippen LogP contribution in [0.5, 0.6) is 0 Å². The van der Waals surface area contributed by atoms with Gasteiger partial charge in [0, 0.05) is 18.5 Å². The Morgan fingerprint density at radius 1 is 1.23 bits per heavy atom. The number of rotatable bonds is 5. The van der Waals surface area contributed by atoms with Crippen LogP contribution in [-0.2, 0) is 4.79 Å². The van der Waals surface area contributed by atoms with Gasteiger partial charge < -0.3 is 5.32 Å². The molecule has 0 spiro atoms. The van der Waals surface area contributed by atoms with E-state index >= 15 is 0 Å². The lowest BCUT2D eigenvalue weighted by Crippen LogP contribution is -2.26. The molecule has 0 aromatic heterocycles. The molecule has 1 aromatic carbocycles. The van der Waals surface area contributed by atoms with Gasteiger partial charge in [0.15, 0.2) is 0 Å². The maximum absolute atomic E-state index is 12.3. The van der Waals surface area contributed by atoms with Crippen molar-refractivity contribution in [3.05, 3.63) is 77.4 Å². The Morgan fingerprint density at radius 3 is 2.77 bits per heavy atom. The molecule has 1 unspecified atom stereocenters. The molecule has 0 aliphatic heterocycles. The maximum Gasteiger partial charge on any atom is 0.247 e. The van der Waals surface area contributed by atoms with Crippen molar-refractivity contribution in [2.24, 2.45) is 5.92 Å². The van der Waals surface area contributed by atoms with Gasteiger partial charge in [0.1, 0.15) is 0 Å². The number of nitrogens with one attached hydrogen (secondary N) is 1. The summed E-state index contributed by atoms with van der Waals surface area (Å²) in [6, 6.07) is 10.2. The van der Waals surface area contributed by atoms with Crippen molar-refractivity contribution in [1.29, 1.82) is 0 Å². The van der Waals surface area contributed by atoms with Crippen LogP contribution in [0.3, 0.4) is 0 Å². The minimum absolute atomic E-state index is 0.0384. The molecule has 3 rings (SSSR count). The van der Waals surface area contributed by atoms with Crippen molar-refractivity contribution in [2.75, 3.05) is 6.54 Å². The average Bonchev–Trinajstić information content (AvgIpc) is 3.22. The van der Waals surface area contributed by atoms with E-state index in [2.05, 4.69) is 42.6 Å². The highest BCUT2D eigenvalue weighted by Gasteiger charge is 2.17. The Labute approximate surface area is 131 Å². The van der Waals surface area contributed by atoms with Crippen LogP contribution < -0.4 is 5.32 Å². The third-order valence-corrected chi connectivity index (χ3v) is 4.21. The third kappa shape index (κ3) is 3.28. The lowest BCUT2D eigenvalue weighted by Gasteiger charge is -2.08. The minimum atomic E-state index is 0.0384. The molecule has 2 nitrogen and oxygen atoms in total. The molecule has 0 bridgehead atoms. The van der Waals surface area contributed by atoms with Crippen molar-refractivity contribution < 1.29 is 4.79 Å². The Bertz CT molecular complexity index is 677. The standard InChI is InChI=1S/C20H21NO/c1-2-15-8-9-16(12-15)14-21-20(22)19-11-10-18(13-19)17-6-4-3-5-7-17/h3-12,15H,2,13-14H2,1H3,(H,21,22). The first-order chi connectivity index (χ1) is 10.8. The lowest BCUT2D eigenvalue weighted by molar-refractivity contribution is -0.117. The number of amides is 1. The molecule has 1 atom stereocenters. The van der Waals surface area contributed by atoms with E-state index in [1.165, 1.54) is 16.7 Å². The number of benzene rings is 1. The normalized spacial score (nSPS) is 19.7. The quantitative estimate of drug-likeness (QED) is 0.871. The minimum Gasteiger partial charge on any atom is -0.348 e. The Hall–Kier alpha value is -2.35. The van der Waals surface area contributed by atoms with E-state index in [0.717, 1.165) is 12.0 Å². The fraction of sp³-hybridized carbons (Fsp3) is 0.250. The summed E-state index contributed by atoms with van der Waals surface area (Å²) in [5.74, 6) is 0.570. The average molecular weight is 291 g/mol. The van der Waals surface area contributed by atoms with Crippen LogP contribution in [0.25, 0.3) is 5.57 Å². The fourth-order valence-electron chi connectivity index (χ4n) is 2.83. The third-order valence-electron chi connectivity index (χ3n) is 4.21. The summed E-state index contributed by atoms with van der Waals surface area (Å²) in [7, 11) is 0. The summed E-state index contributed by atoms with van der Waals surface area (Å²) < 4.78 is 0. The molecular weight excluding hydrogens is 270 g/mol. The SMILES string of the molecule is CCC1C=CC(CNC(=O)C2=CC=C(c3ccccc3)C2)=C1. The van der Waals surface area contributed by atoms with E-state index in [9.17, 15) is 4.79 Å². The highest BCUT2D eigenvalue weighted by molar-refractivity contribution is 5.98. The monoisotopic (exact) mass is 291 g/mol. The van der Waals surface area contributed by atoms with Crippen molar-refractivity contribution in [1.82, 2.24) is 5.32 Å². The first-order valence-corrected chi connectivity index (χ1v) is 7.88. The van der Waals surface area contributed by atoms with Gasteiger partial charge >= 0.3 is 0 Å². The number of allylic oxidation sites excluding steroid dienone is 5. The van der Waals surface area contributed by atoms with Gasteiger partial charge in [0.05, 0.1) is 0 Å². The zero-order chi connectivity index (χ0) is 15.4. The summed E-state index contributed by atoms with van der Waals surface area (Å²) in [6.45, 7) is 2.79. The number of hydrogen-bond donors (Lipinski definition) is 1. The molecule has 0 fully saturated rings. The number of carbonyl (C=O) groups excluding carboxylic acids is 1. The molecule has 1 amide bonds. The summed E-state index contributed by atoms with van der Waals surface area (Å²) in [5.41, 5.74) is 4.44. The molecule has 22 heavy (non-hydrogen) atoms. The number of hydrogen-bond acceptors (Lipinski definition) is 1. The molecule has 0 saturated carbocycles. The molecule has 2 aliphatic rings. The summed E-state index contributed by atoms with van der Waals surface area (Å²) >= 11 is 0. The van der Waals surface area contributed by atoms with Gasteiger partial charge in [0.2, 0.25) is 5.91 Å². The molecule has 0 radical (unpaired) electrons. The van der Waals surface area contributed by atoms with Crippen molar-refractivity contribution >= 4 is 11.5 Å². The highest BCUT2D eigenvalue weighted by atomic mass is 16.1. The fourth-order valence-corrected chi connectivity index (χ4v) is 2.83. The first-order valence-electron chi connectivity index (χ1n) is 7.88. The summed E-state index contributed by atoms with van der Waals surface area (Å²) in [4.78, 5) is 12.3. The highest BCUT2D eigenvalue weighted by Crippen LogP contribution is 2.28. The zero-order valence-electron chi connectivity index (χ0n) is 12.9. The van der Waals surface area contributed by atoms with Crippen molar-refractivity contribution in [3.63, 3.8) is 0 Å². The second-order valence-electron chi connectivity index (χ2n) is 5.78. The Balaban J connectivity index is 1.52. The molecule has 112 valence electrons. The van der Waals surface area contributed by atoms with Gasteiger partial charge in [-0.15, -0.1) is 0 Å². The van der Waals surface area contributed by atoms with E-state index in [-0.39, 0.29) is 5.91 Å². The van der Waals surface area contributed by atoms with Gasteiger partial charge in [-0.05, 0) is 29.0 Å². The smallest absolute Gasteiger partial charge is 0.247 e. The van der Waals surface area contributed by atoms with Gasteiger partial charge in [-0.25, -0.2) is 0 Å². The van der Waals surface area contributed by atoms with Crippen LogP contribution in [0.15, 0.2) is 71.9 Å². The van der Waals surface area contributed by atoms with Crippen molar-refractivity contribution in [3.8, 4) is 0 Å². The van der Waals surface area contributed by atoms with E-state index in [4.69, 9.17) is 0 Å². The molecule has 0 heterocycles. The van der Waals surface area contributed by atoms with Gasteiger partial charge in [0.25, 0.3) is 0 Å².